The van der Waals surface area contributed by atoms with Gasteiger partial charge in [0.1, 0.15) is 0 Å². The summed E-state index contributed by atoms with van der Waals surface area (Å²) in [6, 6.07) is 12.1. The number of thiophene rings is 1. The molecule has 0 aliphatic heterocycles. The summed E-state index contributed by atoms with van der Waals surface area (Å²) < 4.78 is 1.03. The van der Waals surface area contributed by atoms with Crippen molar-refractivity contribution < 1.29 is 4.79 Å². The molecule has 1 aliphatic rings. The highest BCUT2D eigenvalue weighted by Crippen LogP contribution is 2.48. The van der Waals surface area contributed by atoms with Crippen molar-refractivity contribution in [3.8, 4) is 0 Å². The van der Waals surface area contributed by atoms with Crippen LogP contribution < -0.4 is 5.32 Å². The van der Waals surface area contributed by atoms with Crippen molar-refractivity contribution in [1.29, 1.82) is 0 Å². The Balaban J connectivity index is 1.72. The first kappa shape index (κ1) is 12.9. The third-order valence-corrected chi connectivity index (χ3v) is 4.93. The third kappa shape index (κ3) is 2.60. The van der Waals surface area contributed by atoms with Gasteiger partial charge in [0, 0.05) is 9.35 Å². The van der Waals surface area contributed by atoms with Crippen LogP contribution in [0.3, 0.4) is 0 Å². The maximum Gasteiger partial charge on any atom is 0.230 e. The Kier molecular flexibility index (Phi) is 3.46. The van der Waals surface area contributed by atoms with Crippen molar-refractivity contribution in [3.63, 3.8) is 0 Å². The van der Waals surface area contributed by atoms with E-state index in [2.05, 4.69) is 27.3 Å². The normalized spacial score (nSPS) is 16.1. The molecule has 98 valence electrons. The second kappa shape index (κ2) is 5.10. The smallest absolute Gasteiger partial charge is 0.230 e. The monoisotopic (exact) mass is 335 g/mol. The van der Waals surface area contributed by atoms with Crippen molar-refractivity contribution in [1.82, 2.24) is 5.32 Å². The highest BCUT2D eigenvalue weighted by atomic mass is 79.9. The molecule has 1 aromatic carbocycles. The van der Waals surface area contributed by atoms with Gasteiger partial charge in [-0.05, 0) is 42.0 Å². The summed E-state index contributed by atoms with van der Waals surface area (Å²) in [4.78, 5) is 13.6. The van der Waals surface area contributed by atoms with Crippen molar-refractivity contribution in [2.75, 3.05) is 0 Å². The predicted octanol–water partition coefficient (Wildman–Crippen LogP) is 3.86. The van der Waals surface area contributed by atoms with Crippen LogP contribution >= 0.6 is 27.3 Å². The second-order valence-electron chi connectivity index (χ2n) is 4.85. The Hall–Kier alpha value is -1.13. The first-order valence-electron chi connectivity index (χ1n) is 6.27. The largest absolute Gasteiger partial charge is 0.350 e. The zero-order chi connectivity index (χ0) is 13.3. The van der Waals surface area contributed by atoms with Gasteiger partial charge in [-0.1, -0.05) is 34.1 Å². The van der Waals surface area contributed by atoms with Gasteiger partial charge in [-0.25, -0.2) is 0 Å². The number of nitrogens with one attached hydrogen (secondary N) is 1. The van der Waals surface area contributed by atoms with Gasteiger partial charge in [0.15, 0.2) is 0 Å². The molecule has 1 saturated carbocycles. The van der Waals surface area contributed by atoms with Crippen LogP contribution in [-0.2, 0) is 16.8 Å². The zero-order valence-electron chi connectivity index (χ0n) is 10.4. The number of halogens is 1. The molecule has 3 rings (SSSR count). The lowest BCUT2D eigenvalue weighted by atomic mass is 9.95. The lowest BCUT2D eigenvalue weighted by Gasteiger charge is -2.15. The predicted molar refractivity (Wildman–Crippen MR) is 81.2 cm³/mol. The topological polar surface area (TPSA) is 29.1 Å². The number of benzene rings is 1. The van der Waals surface area contributed by atoms with E-state index >= 15 is 0 Å². The van der Waals surface area contributed by atoms with Crippen LogP contribution in [0.1, 0.15) is 23.3 Å². The van der Waals surface area contributed by atoms with E-state index in [1.807, 2.05) is 35.7 Å². The Morgan fingerprint density at radius 3 is 2.79 bits per heavy atom. The Labute approximate surface area is 125 Å². The molecule has 2 nitrogen and oxygen atoms in total. The standard InChI is InChI=1S/C15H14BrNOS/c16-12-4-1-3-11(9-12)15(6-7-15)14(18)17-10-13-5-2-8-19-13/h1-5,8-9H,6-7,10H2,(H,17,18). The van der Waals surface area contributed by atoms with Crippen molar-refractivity contribution in [2.45, 2.75) is 24.8 Å². The van der Waals surface area contributed by atoms with Crippen LogP contribution in [0, 0.1) is 0 Å². The summed E-state index contributed by atoms with van der Waals surface area (Å²) in [5, 5.41) is 5.09. The molecule has 1 aromatic heterocycles. The molecule has 0 bridgehead atoms. The Morgan fingerprint density at radius 2 is 2.16 bits per heavy atom. The molecule has 1 heterocycles. The molecular weight excluding hydrogens is 322 g/mol. The van der Waals surface area contributed by atoms with Gasteiger partial charge in [-0.3, -0.25) is 4.79 Å². The minimum atomic E-state index is -0.291. The van der Waals surface area contributed by atoms with Crippen molar-refractivity contribution >= 4 is 33.2 Å². The van der Waals surface area contributed by atoms with E-state index in [0.717, 1.165) is 22.9 Å². The quantitative estimate of drug-likeness (QED) is 0.903. The van der Waals surface area contributed by atoms with Gasteiger partial charge in [-0.15, -0.1) is 11.3 Å². The average Bonchev–Trinajstić information content (AvgIpc) is 3.06. The molecule has 1 fully saturated rings. The van der Waals surface area contributed by atoms with Gasteiger partial charge < -0.3 is 5.32 Å². The van der Waals surface area contributed by atoms with E-state index in [1.165, 1.54) is 4.88 Å². The number of carbonyl (C=O) groups excluding carboxylic acids is 1. The summed E-state index contributed by atoms with van der Waals surface area (Å²) in [5.74, 6) is 0.152. The Bertz CT molecular complexity index is 590. The first-order valence-corrected chi connectivity index (χ1v) is 7.95. The van der Waals surface area contributed by atoms with Crippen LogP contribution in [-0.4, -0.2) is 5.91 Å². The van der Waals surface area contributed by atoms with Gasteiger partial charge >= 0.3 is 0 Å². The average molecular weight is 336 g/mol. The van der Waals surface area contributed by atoms with Gasteiger partial charge in [0.2, 0.25) is 5.91 Å². The molecular formula is C15H14BrNOS. The summed E-state index contributed by atoms with van der Waals surface area (Å²) in [7, 11) is 0. The van der Waals surface area contributed by atoms with E-state index in [4.69, 9.17) is 0 Å². The van der Waals surface area contributed by atoms with E-state index < -0.39 is 0 Å². The van der Waals surface area contributed by atoms with E-state index in [0.29, 0.717) is 6.54 Å². The molecule has 1 N–H and O–H groups in total. The van der Waals surface area contributed by atoms with E-state index in [1.54, 1.807) is 11.3 Å². The number of carbonyl (C=O) groups is 1. The molecule has 0 saturated heterocycles. The number of rotatable bonds is 4. The highest BCUT2D eigenvalue weighted by molar-refractivity contribution is 9.10. The van der Waals surface area contributed by atoms with Crippen LogP contribution in [0.2, 0.25) is 0 Å². The number of amides is 1. The molecule has 1 aliphatic carbocycles. The van der Waals surface area contributed by atoms with Gasteiger partial charge in [0.05, 0.1) is 12.0 Å². The van der Waals surface area contributed by atoms with E-state index in [9.17, 15) is 4.79 Å². The fourth-order valence-electron chi connectivity index (χ4n) is 2.31. The second-order valence-corrected chi connectivity index (χ2v) is 6.80. The number of hydrogen-bond donors (Lipinski definition) is 1. The SMILES string of the molecule is O=C(NCc1cccs1)C1(c2cccc(Br)c2)CC1. The highest BCUT2D eigenvalue weighted by Gasteiger charge is 2.51. The lowest BCUT2D eigenvalue weighted by Crippen LogP contribution is -2.34. The van der Waals surface area contributed by atoms with Gasteiger partial charge in [0.25, 0.3) is 0 Å². The maximum atomic E-state index is 12.4. The van der Waals surface area contributed by atoms with Crippen LogP contribution in [0.5, 0.6) is 0 Å². The number of hydrogen-bond acceptors (Lipinski definition) is 2. The summed E-state index contributed by atoms with van der Waals surface area (Å²) in [5.41, 5.74) is 0.826. The van der Waals surface area contributed by atoms with Crippen molar-refractivity contribution in [2.24, 2.45) is 0 Å². The minimum absolute atomic E-state index is 0.152. The van der Waals surface area contributed by atoms with Gasteiger partial charge in [-0.2, -0.15) is 0 Å². The minimum Gasteiger partial charge on any atom is -0.350 e. The molecule has 1 amide bonds. The Morgan fingerprint density at radius 1 is 1.32 bits per heavy atom. The fraction of sp³-hybridized carbons (Fsp3) is 0.267. The molecule has 0 spiro atoms. The molecule has 4 heteroatoms. The molecule has 0 radical (unpaired) electrons. The summed E-state index contributed by atoms with van der Waals surface area (Å²) in [6.45, 7) is 0.631. The lowest BCUT2D eigenvalue weighted by molar-refractivity contribution is -0.123. The van der Waals surface area contributed by atoms with Crippen molar-refractivity contribution in [3.05, 3.63) is 56.7 Å². The van der Waals surface area contributed by atoms with Crippen LogP contribution in [0.4, 0.5) is 0 Å². The van der Waals surface area contributed by atoms with E-state index in [-0.39, 0.29) is 11.3 Å². The summed E-state index contributed by atoms with van der Waals surface area (Å²) >= 11 is 5.14. The molecule has 0 atom stereocenters. The van der Waals surface area contributed by atoms with Crippen LogP contribution in [0.15, 0.2) is 46.3 Å². The zero-order valence-corrected chi connectivity index (χ0v) is 12.8. The molecule has 2 aromatic rings. The van der Waals surface area contributed by atoms with Crippen LogP contribution in [0.25, 0.3) is 0 Å². The maximum absolute atomic E-state index is 12.4. The molecule has 0 unspecified atom stereocenters. The third-order valence-electron chi connectivity index (χ3n) is 3.57. The fourth-order valence-corrected chi connectivity index (χ4v) is 3.35. The summed E-state index contributed by atoms with van der Waals surface area (Å²) in [6.07, 6.45) is 1.89. The molecule has 19 heavy (non-hydrogen) atoms. The first-order chi connectivity index (χ1) is 9.21.